The molecule has 1 aliphatic heterocycles. The predicted molar refractivity (Wildman–Crippen MR) is 89.3 cm³/mol. The maximum absolute atomic E-state index is 12.5. The minimum absolute atomic E-state index is 0.0678. The van der Waals surface area contributed by atoms with Crippen LogP contribution in [0.1, 0.15) is 23.2 Å². The third-order valence-electron chi connectivity index (χ3n) is 5.12. The van der Waals surface area contributed by atoms with E-state index in [4.69, 9.17) is 9.84 Å². The first-order chi connectivity index (χ1) is 12.0. The molecule has 25 heavy (non-hydrogen) atoms. The van der Waals surface area contributed by atoms with Crippen LogP contribution in [0.25, 0.3) is 0 Å². The summed E-state index contributed by atoms with van der Waals surface area (Å²) < 4.78 is 5.09. The lowest BCUT2D eigenvalue weighted by molar-refractivity contribution is -0.157. The first kappa shape index (κ1) is 17.3. The Morgan fingerprint density at radius 2 is 1.52 bits per heavy atom. The third kappa shape index (κ3) is 3.45. The molecule has 134 valence electrons. The number of rotatable bonds is 4. The van der Waals surface area contributed by atoms with Gasteiger partial charge in [0.05, 0.1) is 18.9 Å². The van der Waals surface area contributed by atoms with E-state index in [1.54, 1.807) is 41.2 Å². The first-order valence-corrected chi connectivity index (χ1v) is 8.46. The van der Waals surface area contributed by atoms with Crippen LogP contribution in [0.3, 0.4) is 0 Å². The molecule has 0 radical (unpaired) electrons. The Bertz CT molecular complexity index is 665. The van der Waals surface area contributed by atoms with Gasteiger partial charge < -0.3 is 19.6 Å². The number of hydrogen-bond donors (Lipinski definition) is 1. The van der Waals surface area contributed by atoms with Gasteiger partial charge in [0.1, 0.15) is 5.75 Å². The molecule has 1 heterocycles. The highest BCUT2D eigenvalue weighted by atomic mass is 16.5. The van der Waals surface area contributed by atoms with Crippen LogP contribution in [0.15, 0.2) is 24.3 Å². The van der Waals surface area contributed by atoms with Gasteiger partial charge in [-0.2, -0.15) is 0 Å². The monoisotopic (exact) mass is 346 g/mol. The van der Waals surface area contributed by atoms with Gasteiger partial charge >= 0.3 is 5.97 Å². The maximum atomic E-state index is 12.5. The van der Waals surface area contributed by atoms with Crippen molar-refractivity contribution >= 4 is 17.8 Å². The summed E-state index contributed by atoms with van der Waals surface area (Å²) in [7, 11) is 1.57. The average Bonchev–Trinajstić information content (AvgIpc) is 2.60. The van der Waals surface area contributed by atoms with Gasteiger partial charge in [-0.05, 0) is 37.1 Å². The number of carbonyl (C=O) groups excluding carboxylic acids is 2. The molecule has 2 unspecified atom stereocenters. The number of carboxylic acid groups (broad SMARTS) is 1. The van der Waals surface area contributed by atoms with E-state index in [-0.39, 0.29) is 11.8 Å². The van der Waals surface area contributed by atoms with Crippen LogP contribution in [0.5, 0.6) is 5.75 Å². The zero-order valence-corrected chi connectivity index (χ0v) is 14.2. The Morgan fingerprint density at radius 3 is 2.00 bits per heavy atom. The number of piperazine rings is 1. The van der Waals surface area contributed by atoms with Crippen LogP contribution in [0.4, 0.5) is 0 Å². The van der Waals surface area contributed by atoms with E-state index in [1.807, 2.05) is 0 Å². The summed E-state index contributed by atoms with van der Waals surface area (Å²) in [6.07, 6.45) is 1.21. The lowest BCUT2D eigenvalue weighted by atomic mass is 9.73. The Labute approximate surface area is 146 Å². The molecule has 2 fully saturated rings. The normalized spacial score (nSPS) is 22.9. The van der Waals surface area contributed by atoms with E-state index < -0.39 is 17.8 Å². The molecule has 0 spiro atoms. The SMILES string of the molecule is COc1ccc(C(=O)N2CCN(C(=O)C3CCC3C(=O)O)CC2)cc1. The van der Waals surface area contributed by atoms with Gasteiger partial charge in [-0.15, -0.1) is 0 Å². The Balaban J connectivity index is 1.55. The van der Waals surface area contributed by atoms with Gasteiger partial charge in [-0.1, -0.05) is 0 Å². The van der Waals surface area contributed by atoms with E-state index >= 15 is 0 Å². The minimum atomic E-state index is -0.891. The highest BCUT2D eigenvalue weighted by Crippen LogP contribution is 2.36. The number of ether oxygens (including phenoxy) is 1. The highest BCUT2D eigenvalue weighted by molar-refractivity contribution is 5.94. The molecule has 1 aliphatic carbocycles. The number of methoxy groups -OCH3 is 1. The molecule has 1 saturated carbocycles. The topological polar surface area (TPSA) is 87.2 Å². The standard InChI is InChI=1S/C18H22N2O5/c1-25-13-4-2-12(3-5-13)16(21)19-8-10-20(11-9-19)17(22)14-6-7-15(14)18(23)24/h2-5,14-15H,6-11H2,1H3,(H,23,24). The van der Waals surface area contributed by atoms with Gasteiger partial charge in [0, 0.05) is 31.7 Å². The molecule has 7 heteroatoms. The second kappa shape index (κ2) is 7.13. The second-order valence-electron chi connectivity index (χ2n) is 6.47. The number of carboxylic acids is 1. The van der Waals surface area contributed by atoms with Crippen LogP contribution in [0, 0.1) is 11.8 Å². The maximum Gasteiger partial charge on any atom is 0.307 e. The first-order valence-electron chi connectivity index (χ1n) is 8.46. The largest absolute Gasteiger partial charge is 0.497 e. The van der Waals surface area contributed by atoms with Crippen molar-refractivity contribution in [3.63, 3.8) is 0 Å². The lowest BCUT2D eigenvalue weighted by Gasteiger charge is -2.40. The molecule has 1 N–H and O–H groups in total. The van der Waals surface area contributed by atoms with Gasteiger partial charge in [0.2, 0.25) is 5.91 Å². The van der Waals surface area contributed by atoms with Crippen molar-refractivity contribution in [2.75, 3.05) is 33.3 Å². The quantitative estimate of drug-likeness (QED) is 0.882. The molecule has 7 nitrogen and oxygen atoms in total. The van der Waals surface area contributed by atoms with Crippen LogP contribution >= 0.6 is 0 Å². The Hall–Kier alpha value is -2.57. The molecule has 1 aromatic carbocycles. The summed E-state index contributed by atoms with van der Waals surface area (Å²) in [5, 5.41) is 9.10. The number of carbonyl (C=O) groups is 3. The fourth-order valence-corrected chi connectivity index (χ4v) is 3.37. The van der Waals surface area contributed by atoms with E-state index in [2.05, 4.69) is 0 Å². The number of hydrogen-bond acceptors (Lipinski definition) is 4. The molecule has 1 saturated heterocycles. The molecular formula is C18H22N2O5. The van der Waals surface area contributed by atoms with E-state index in [0.717, 1.165) is 0 Å². The molecule has 2 atom stereocenters. The van der Waals surface area contributed by atoms with Crippen LogP contribution in [0.2, 0.25) is 0 Å². The fourth-order valence-electron chi connectivity index (χ4n) is 3.37. The summed E-state index contributed by atoms with van der Waals surface area (Å²) in [6.45, 7) is 1.81. The number of amides is 2. The second-order valence-corrected chi connectivity index (χ2v) is 6.47. The van der Waals surface area contributed by atoms with Crippen molar-refractivity contribution in [2.45, 2.75) is 12.8 Å². The van der Waals surface area contributed by atoms with Crippen molar-refractivity contribution in [2.24, 2.45) is 11.8 Å². The molecule has 2 aliphatic rings. The van der Waals surface area contributed by atoms with Crippen LogP contribution in [-0.2, 0) is 9.59 Å². The molecular weight excluding hydrogens is 324 g/mol. The number of aliphatic carboxylic acids is 1. The van der Waals surface area contributed by atoms with E-state index in [0.29, 0.717) is 50.3 Å². The number of nitrogens with zero attached hydrogens (tertiary/aromatic N) is 2. The summed E-state index contributed by atoms with van der Waals surface area (Å²) >= 11 is 0. The Morgan fingerprint density at radius 1 is 0.960 bits per heavy atom. The van der Waals surface area contributed by atoms with Gasteiger partial charge in [-0.25, -0.2) is 0 Å². The van der Waals surface area contributed by atoms with Gasteiger partial charge in [0.25, 0.3) is 5.91 Å². The van der Waals surface area contributed by atoms with E-state index in [9.17, 15) is 14.4 Å². The smallest absolute Gasteiger partial charge is 0.307 e. The lowest BCUT2D eigenvalue weighted by Crippen LogP contribution is -2.54. The highest BCUT2D eigenvalue weighted by Gasteiger charge is 2.43. The number of benzene rings is 1. The summed E-state index contributed by atoms with van der Waals surface area (Å²) in [5.74, 6) is -1.30. The molecule has 1 aromatic rings. The summed E-state index contributed by atoms with van der Waals surface area (Å²) in [6, 6.07) is 6.94. The van der Waals surface area contributed by atoms with Gasteiger partial charge in [0.15, 0.2) is 0 Å². The molecule has 3 rings (SSSR count). The van der Waals surface area contributed by atoms with Crippen molar-refractivity contribution < 1.29 is 24.2 Å². The van der Waals surface area contributed by atoms with Crippen molar-refractivity contribution in [1.29, 1.82) is 0 Å². The fraction of sp³-hybridized carbons (Fsp3) is 0.500. The minimum Gasteiger partial charge on any atom is -0.497 e. The van der Waals surface area contributed by atoms with E-state index in [1.165, 1.54) is 0 Å². The zero-order chi connectivity index (χ0) is 18.0. The average molecular weight is 346 g/mol. The third-order valence-corrected chi connectivity index (χ3v) is 5.12. The Kier molecular flexibility index (Phi) is 4.92. The van der Waals surface area contributed by atoms with Crippen LogP contribution in [-0.4, -0.2) is 66.0 Å². The molecule has 2 amide bonds. The predicted octanol–water partition coefficient (Wildman–Crippen LogP) is 1.09. The van der Waals surface area contributed by atoms with Gasteiger partial charge in [-0.3, -0.25) is 14.4 Å². The van der Waals surface area contributed by atoms with Crippen molar-refractivity contribution in [3.05, 3.63) is 29.8 Å². The zero-order valence-electron chi connectivity index (χ0n) is 14.2. The van der Waals surface area contributed by atoms with Crippen molar-refractivity contribution in [3.8, 4) is 5.75 Å². The molecule has 0 bridgehead atoms. The molecule has 0 aromatic heterocycles. The van der Waals surface area contributed by atoms with Crippen molar-refractivity contribution in [1.82, 2.24) is 9.80 Å². The summed E-state index contributed by atoms with van der Waals surface area (Å²) in [5.41, 5.74) is 0.588. The summed E-state index contributed by atoms with van der Waals surface area (Å²) in [4.78, 5) is 39.5. The van der Waals surface area contributed by atoms with Crippen LogP contribution < -0.4 is 4.74 Å².